The summed E-state index contributed by atoms with van der Waals surface area (Å²) in [6, 6.07) is 5.77. The molecule has 1 aliphatic rings. The Morgan fingerprint density at radius 3 is 2.53 bits per heavy atom. The molecule has 0 spiro atoms. The van der Waals surface area contributed by atoms with E-state index in [1.54, 1.807) is 13.4 Å². The van der Waals surface area contributed by atoms with Gasteiger partial charge in [-0.1, -0.05) is 37.5 Å². The second kappa shape index (κ2) is 10.5. The normalized spacial score (nSPS) is 16.6. The maximum absolute atomic E-state index is 13.2. The molecule has 166 valence electrons. The number of aromatic nitrogens is 3. The van der Waals surface area contributed by atoms with Crippen LogP contribution in [-0.4, -0.2) is 34.3 Å². The SMILES string of the molecule is CN=C(NCc1nncn1C)NCC1(c2cccc(C(F)(F)F)c2)CCCCC1.I. The molecule has 10 heteroatoms. The molecule has 30 heavy (non-hydrogen) atoms. The van der Waals surface area contributed by atoms with Crippen molar-refractivity contribution >= 4 is 29.9 Å². The van der Waals surface area contributed by atoms with E-state index in [0.717, 1.165) is 49.6 Å². The van der Waals surface area contributed by atoms with Gasteiger partial charge in [0.15, 0.2) is 11.8 Å². The summed E-state index contributed by atoms with van der Waals surface area (Å²) in [7, 11) is 3.53. The van der Waals surface area contributed by atoms with Crippen molar-refractivity contribution in [2.24, 2.45) is 12.0 Å². The molecule has 0 radical (unpaired) electrons. The summed E-state index contributed by atoms with van der Waals surface area (Å²) in [6.07, 6.45) is 2.10. The fraction of sp³-hybridized carbons (Fsp3) is 0.550. The Hall–Kier alpha value is -1.85. The van der Waals surface area contributed by atoms with Crippen LogP contribution in [0.15, 0.2) is 35.6 Å². The van der Waals surface area contributed by atoms with Crippen molar-refractivity contribution in [3.63, 3.8) is 0 Å². The highest BCUT2D eigenvalue weighted by molar-refractivity contribution is 14.0. The lowest BCUT2D eigenvalue weighted by Gasteiger charge is -2.38. The number of aliphatic imine (C=N–C) groups is 1. The summed E-state index contributed by atoms with van der Waals surface area (Å²) in [4.78, 5) is 4.24. The van der Waals surface area contributed by atoms with E-state index < -0.39 is 11.7 Å². The van der Waals surface area contributed by atoms with E-state index in [1.807, 2.05) is 17.7 Å². The zero-order chi connectivity index (χ0) is 20.9. The van der Waals surface area contributed by atoms with Crippen LogP contribution in [0.5, 0.6) is 0 Å². The summed E-state index contributed by atoms with van der Waals surface area (Å²) in [5.74, 6) is 1.35. The first-order valence-electron chi connectivity index (χ1n) is 9.79. The number of nitrogens with zero attached hydrogens (tertiary/aromatic N) is 4. The quantitative estimate of drug-likeness (QED) is 0.344. The lowest BCUT2D eigenvalue weighted by atomic mass is 9.69. The first kappa shape index (κ1) is 24.4. The van der Waals surface area contributed by atoms with Crippen LogP contribution in [0.1, 0.15) is 49.1 Å². The van der Waals surface area contributed by atoms with Crippen LogP contribution in [0.3, 0.4) is 0 Å². The van der Waals surface area contributed by atoms with Gasteiger partial charge < -0.3 is 15.2 Å². The number of alkyl halides is 3. The molecule has 1 aromatic carbocycles. The number of benzene rings is 1. The highest BCUT2D eigenvalue weighted by atomic mass is 127. The molecule has 1 aliphatic carbocycles. The van der Waals surface area contributed by atoms with Gasteiger partial charge in [-0.2, -0.15) is 13.2 Å². The van der Waals surface area contributed by atoms with Crippen LogP contribution >= 0.6 is 24.0 Å². The zero-order valence-corrected chi connectivity index (χ0v) is 19.5. The number of nitrogens with one attached hydrogen (secondary N) is 2. The minimum Gasteiger partial charge on any atom is -0.356 e. The number of hydrogen-bond donors (Lipinski definition) is 2. The van der Waals surface area contributed by atoms with Crippen molar-refractivity contribution in [3.8, 4) is 0 Å². The number of halogens is 4. The van der Waals surface area contributed by atoms with E-state index in [4.69, 9.17) is 0 Å². The Balaban J connectivity index is 0.00000320. The standard InChI is InChI=1S/C20H27F3N6.HI/c1-24-18(25-12-17-28-27-14-29(17)2)26-13-19(9-4-3-5-10-19)15-7-6-8-16(11-15)20(21,22)23;/h6-8,11,14H,3-5,9-10,12-13H2,1-2H3,(H2,24,25,26);1H. The number of aryl methyl sites for hydroxylation is 1. The van der Waals surface area contributed by atoms with Crippen LogP contribution in [-0.2, 0) is 25.2 Å². The van der Waals surface area contributed by atoms with Gasteiger partial charge in [0, 0.05) is 26.1 Å². The summed E-state index contributed by atoms with van der Waals surface area (Å²) >= 11 is 0. The Bertz CT molecular complexity index is 843. The van der Waals surface area contributed by atoms with Gasteiger partial charge in [0.25, 0.3) is 0 Å². The molecular weight excluding hydrogens is 508 g/mol. The summed E-state index contributed by atoms with van der Waals surface area (Å²) in [6.45, 7) is 0.972. The molecule has 3 rings (SSSR count). The maximum Gasteiger partial charge on any atom is 0.416 e. The van der Waals surface area contributed by atoms with Crippen molar-refractivity contribution in [2.45, 2.75) is 50.2 Å². The monoisotopic (exact) mass is 536 g/mol. The van der Waals surface area contributed by atoms with Gasteiger partial charge in [0.2, 0.25) is 0 Å². The smallest absolute Gasteiger partial charge is 0.356 e. The molecule has 0 atom stereocenters. The van der Waals surface area contributed by atoms with Crippen LogP contribution < -0.4 is 10.6 Å². The molecule has 1 saturated carbocycles. The molecule has 1 fully saturated rings. The fourth-order valence-electron chi connectivity index (χ4n) is 3.92. The van der Waals surface area contributed by atoms with Gasteiger partial charge in [0.1, 0.15) is 6.33 Å². The first-order valence-corrected chi connectivity index (χ1v) is 9.79. The second-order valence-corrected chi connectivity index (χ2v) is 7.56. The molecule has 2 N–H and O–H groups in total. The van der Waals surface area contributed by atoms with Gasteiger partial charge in [-0.3, -0.25) is 4.99 Å². The fourth-order valence-corrected chi connectivity index (χ4v) is 3.92. The third kappa shape index (κ3) is 5.86. The van der Waals surface area contributed by atoms with Crippen molar-refractivity contribution in [2.75, 3.05) is 13.6 Å². The third-order valence-corrected chi connectivity index (χ3v) is 5.65. The Labute approximate surface area is 191 Å². The van der Waals surface area contributed by atoms with Gasteiger partial charge >= 0.3 is 6.18 Å². The van der Waals surface area contributed by atoms with Gasteiger partial charge in [-0.05, 0) is 24.5 Å². The van der Waals surface area contributed by atoms with E-state index in [2.05, 4.69) is 25.8 Å². The minimum atomic E-state index is -4.34. The average molecular weight is 536 g/mol. The predicted octanol–water partition coefficient (Wildman–Crippen LogP) is 4.02. The molecule has 1 heterocycles. The summed E-state index contributed by atoms with van der Waals surface area (Å²) in [5, 5.41) is 14.4. The molecule has 0 bridgehead atoms. The van der Waals surface area contributed by atoms with Crippen molar-refractivity contribution in [3.05, 3.63) is 47.5 Å². The molecule has 6 nitrogen and oxygen atoms in total. The highest BCUT2D eigenvalue weighted by Crippen LogP contribution is 2.41. The van der Waals surface area contributed by atoms with E-state index >= 15 is 0 Å². The first-order chi connectivity index (χ1) is 13.8. The Morgan fingerprint density at radius 2 is 1.93 bits per heavy atom. The lowest BCUT2D eigenvalue weighted by Crippen LogP contribution is -2.46. The second-order valence-electron chi connectivity index (χ2n) is 7.56. The van der Waals surface area contributed by atoms with E-state index in [-0.39, 0.29) is 29.4 Å². The van der Waals surface area contributed by atoms with Gasteiger partial charge in [-0.15, -0.1) is 34.2 Å². The third-order valence-electron chi connectivity index (χ3n) is 5.65. The Kier molecular flexibility index (Phi) is 8.51. The molecule has 0 saturated heterocycles. The van der Waals surface area contributed by atoms with Crippen molar-refractivity contribution < 1.29 is 13.2 Å². The van der Waals surface area contributed by atoms with Crippen molar-refractivity contribution in [1.29, 1.82) is 0 Å². The van der Waals surface area contributed by atoms with E-state index in [1.165, 1.54) is 12.1 Å². The van der Waals surface area contributed by atoms with Gasteiger partial charge in [0.05, 0.1) is 12.1 Å². The molecular formula is C20H28F3IN6. The maximum atomic E-state index is 13.2. The van der Waals surface area contributed by atoms with Crippen LogP contribution in [0.25, 0.3) is 0 Å². The average Bonchev–Trinajstić information content (AvgIpc) is 3.13. The topological polar surface area (TPSA) is 67.1 Å². The van der Waals surface area contributed by atoms with Crippen molar-refractivity contribution in [1.82, 2.24) is 25.4 Å². The van der Waals surface area contributed by atoms with E-state index in [9.17, 15) is 13.2 Å². The molecule has 0 amide bonds. The highest BCUT2D eigenvalue weighted by Gasteiger charge is 2.37. The molecule has 0 aliphatic heterocycles. The number of rotatable bonds is 5. The minimum absolute atomic E-state index is 0. The predicted molar refractivity (Wildman–Crippen MR) is 121 cm³/mol. The summed E-state index contributed by atoms with van der Waals surface area (Å²) < 4.78 is 41.5. The van der Waals surface area contributed by atoms with Crippen LogP contribution in [0, 0.1) is 0 Å². The summed E-state index contributed by atoms with van der Waals surface area (Å²) in [5.41, 5.74) is -0.199. The number of guanidine groups is 1. The van der Waals surface area contributed by atoms with Crippen LogP contribution in [0.4, 0.5) is 13.2 Å². The molecule has 2 aromatic rings. The van der Waals surface area contributed by atoms with Gasteiger partial charge in [-0.25, -0.2) is 0 Å². The van der Waals surface area contributed by atoms with E-state index in [0.29, 0.717) is 19.0 Å². The van der Waals surface area contributed by atoms with Crippen LogP contribution in [0.2, 0.25) is 0 Å². The largest absolute Gasteiger partial charge is 0.416 e. The lowest BCUT2D eigenvalue weighted by molar-refractivity contribution is -0.137. The zero-order valence-electron chi connectivity index (χ0n) is 17.2. The molecule has 0 unspecified atom stereocenters. The Morgan fingerprint density at radius 1 is 1.20 bits per heavy atom. The molecule has 1 aromatic heterocycles. The number of hydrogen-bond acceptors (Lipinski definition) is 3.